The van der Waals surface area contributed by atoms with Crippen molar-refractivity contribution in [2.75, 3.05) is 10.7 Å². The second-order valence-electron chi connectivity index (χ2n) is 6.35. The molecule has 0 heterocycles. The fourth-order valence-electron chi connectivity index (χ4n) is 3.40. The molecule has 0 aliphatic heterocycles. The van der Waals surface area contributed by atoms with E-state index in [0.29, 0.717) is 0 Å². The minimum absolute atomic E-state index is 0.0155. The third-order valence-corrected chi connectivity index (χ3v) is 4.69. The molecule has 2 N–H and O–H groups in total. The van der Waals surface area contributed by atoms with Crippen molar-refractivity contribution in [1.29, 1.82) is 0 Å². The second kappa shape index (κ2) is 6.68. The van der Waals surface area contributed by atoms with Crippen molar-refractivity contribution < 1.29 is 19.4 Å². The SMILES string of the molecule is Nc1cccc2c1C(=O)c1c(cccc1N(C(=O)c1ccccc1)[N+](=O)[O-])C2=O. The Hall–Kier alpha value is -4.33. The predicted molar refractivity (Wildman–Crippen MR) is 104 cm³/mol. The molecule has 3 aromatic rings. The molecule has 0 atom stereocenters. The Balaban J connectivity index is 1.94. The maximum Gasteiger partial charge on any atom is 0.319 e. The third-order valence-electron chi connectivity index (χ3n) is 4.69. The molecule has 0 aromatic heterocycles. The zero-order valence-electron chi connectivity index (χ0n) is 14.9. The van der Waals surface area contributed by atoms with Gasteiger partial charge in [0.1, 0.15) is 5.69 Å². The summed E-state index contributed by atoms with van der Waals surface area (Å²) in [5, 5.41) is 11.2. The summed E-state index contributed by atoms with van der Waals surface area (Å²) in [6.45, 7) is 0. The average Bonchev–Trinajstić information content (AvgIpc) is 2.72. The molecule has 0 radical (unpaired) electrons. The molecule has 1 aliphatic carbocycles. The first-order valence-corrected chi connectivity index (χ1v) is 8.56. The number of benzene rings is 3. The van der Waals surface area contributed by atoms with Gasteiger partial charge < -0.3 is 5.73 Å². The number of nitrogen functional groups attached to an aromatic ring is 1. The standard InChI is InChI=1S/C21H13N3O5/c22-15-10-4-8-13-17(15)20(26)18-14(19(13)25)9-5-11-16(18)23(24(28)29)21(27)12-6-2-1-3-7-12/h1-11H,22H2. The Morgan fingerprint density at radius 1 is 0.828 bits per heavy atom. The van der Waals surface area contributed by atoms with Crippen molar-refractivity contribution in [1.82, 2.24) is 0 Å². The van der Waals surface area contributed by atoms with Crippen LogP contribution in [0.3, 0.4) is 0 Å². The maximum absolute atomic E-state index is 13.2. The number of nitrogens with two attached hydrogens (primary N) is 1. The number of nitro groups is 1. The summed E-state index contributed by atoms with van der Waals surface area (Å²) in [4.78, 5) is 50.7. The van der Waals surface area contributed by atoms with Gasteiger partial charge >= 0.3 is 5.91 Å². The summed E-state index contributed by atoms with van der Waals surface area (Å²) in [6.07, 6.45) is 0. The summed E-state index contributed by atoms with van der Waals surface area (Å²) < 4.78 is 0. The molecule has 1 aliphatic rings. The Bertz CT molecular complexity index is 1200. The number of carbonyl (C=O) groups is 3. The summed E-state index contributed by atoms with van der Waals surface area (Å²) in [5.74, 6) is -2.06. The van der Waals surface area contributed by atoms with E-state index >= 15 is 0 Å². The highest BCUT2D eigenvalue weighted by atomic mass is 16.7. The van der Waals surface area contributed by atoms with Crippen molar-refractivity contribution >= 4 is 28.8 Å². The van der Waals surface area contributed by atoms with Gasteiger partial charge in [0.05, 0.1) is 11.1 Å². The van der Waals surface area contributed by atoms with E-state index in [1.165, 1.54) is 42.5 Å². The van der Waals surface area contributed by atoms with Crippen LogP contribution in [-0.2, 0) is 0 Å². The van der Waals surface area contributed by atoms with Crippen LogP contribution in [-0.4, -0.2) is 22.5 Å². The van der Waals surface area contributed by atoms with Gasteiger partial charge in [-0.25, -0.2) is 10.1 Å². The summed E-state index contributed by atoms with van der Waals surface area (Å²) in [7, 11) is 0. The fraction of sp³-hybridized carbons (Fsp3) is 0. The van der Waals surface area contributed by atoms with Crippen LogP contribution in [0.1, 0.15) is 42.2 Å². The van der Waals surface area contributed by atoms with E-state index in [4.69, 9.17) is 5.73 Å². The van der Waals surface area contributed by atoms with E-state index in [1.54, 1.807) is 24.3 Å². The molecular formula is C21H13N3O5. The van der Waals surface area contributed by atoms with Crippen LogP contribution in [0, 0.1) is 10.1 Å². The van der Waals surface area contributed by atoms with Crippen LogP contribution in [0.5, 0.6) is 0 Å². The average molecular weight is 387 g/mol. The number of rotatable bonds is 3. The smallest absolute Gasteiger partial charge is 0.319 e. The number of anilines is 2. The highest BCUT2D eigenvalue weighted by Crippen LogP contribution is 2.36. The highest BCUT2D eigenvalue weighted by Gasteiger charge is 2.39. The molecular weight excluding hydrogens is 374 g/mol. The van der Waals surface area contributed by atoms with Crippen molar-refractivity contribution in [2.24, 2.45) is 0 Å². The topological polar surface area (TPSA) is 124 Å². The van der Waals surface area contributed by atoms with E-state index < -0.39 is 22.5 Å². The van der Waals surface area contributed by atoms with E-state index in [9.17, 15) is 24.5 Å². The van der Waals surface area contributed by atoms with Gasteiger partial charge in [-0.1, -0.05) is 42.5 Å². The molecule has 8 nitrogen and oxygen atoms in total. The van der Waals surface area contributed by atoms with Crippen LogP contribution in [0.15, 0.2) is 66.7 Å². The Morgan fingerprint density at radius 2 is 1.45 bits per heavy atom. The Labute approximate surface area is 164 Å². The second-order valence-corrected chi connectivity index (χ2v) is 6.35. The fourth-order valence-corrected chi connectivity index (χ4v) is 3.40. The van der Waals surface area contributed by atoms with Gasteiger partial charge in [-0.15, -0.1) is 0 Å². The van der Waals surface area contributed by atoms with Crippen molar-refractivity contribution in [2.45, 2.75) is 0 Å². The van der Waals surface area contributed by atoms with Crippen LogP contribution >= 0.6 is 0 Å². The first-order chi connectivity index (χ1) is 13.9. The van der Waals surface area contributed by atoms with Gasteiger partial charge in [0.2, 0.25) is 0 Å². The van der Waals surface area contributed by atoms with Gasteiger partial charge in [0.25, 0.3) is 0 Å². The maximum atomic E-state index is 13.2. The van der Waals surface area contributed by atoms with Crippen LogP contribution in [0.25, 0.3) is 0 Å². The number of ketones is 2. The minimum Gasteiger partial charge on any atom is -0.398 e. The first-order valence-electron chi connectivity index (χ1n) is 8.56. The number of amides is 1. The van der Waals surface area contributed by atoms with Gasteiger partial charge in [-0.2, -0.15) is 0 Å². The van der Waals surface area contributed by atoms with E-state index in [2.05, 4.69) is 0 Å². The molecule has 0 spiro atoms. The Morgan fingerprint density at radius 3 is 2.10 bits per heavy atom. The van der Waals surface area contributed by atoms with Crippen molar-refractivity contribution in [3.63, 3.8) is 0 Å². The van der Waals surface area contributed by atoms with Gasteiger partial charge in [-0.05, 0) is 29.3 Å². The van der Waals surface area contributed by atoms with E-state index in [0.717, 1.165) is 0 Å². The van der Waals surface area contributed by atoms with Gasteiger partial charge in [0.15, 0.2) is 16.6 Å². The van der Waals surface area contributed by atoms with Crippen molar-refractivity contribution in [3.05, 3.63) is 105 Å². The molecule has 0 unspecified atom stereocenters. The molecule has 8 heteroatoms. The quantitative estimate of drug-likeness (QED) is 0.327. The van der Waals surface area contributed by atoms with Crippen molar-refractivity contribution in [3.8, 4) is 0 Å². The molecule has 142 valence electrons. The normalized spacial score (nSPS) is 12.1. The molecule has 1 amide bonds. The number of carbonyl (C=O) groups excluding carboxylic acids is 3. The number of hydrogen-bond donors (Lipinski definition) is 1. The van der Waals surface area contributed by atoms with E-state index in [1.807, 2.05) is 0 Å². The third kappa shape index (κ3) is 2.74. The number of hydrogen-bond acceptors (Lipinski definition) is 6. The van der Waals surface area contributed by atoms with E-state index in [-0.39, 0.29) is 44.2 Å². The zero-order valence-corrected chi connectivity index (χ0v) is 14.9. The monoisotopic (exact) mass is 387 g/mol. The summed E-state index contributed by atoms with van der Waals surface area (Å²) in [6, 6.07) is 16.2. The lowest BCUT2D eigenvalue weighted by molar-refractivity contribution is -0.481. The summed E-state index contributed by atoms with van der Waals surface area (Å²) in [5.41, 5.74) is 5.64. The predicted octanol–water partition coefficient (Wildman–Crippen LogP) is 2.88. The molecule has 3 aromatic carbocycles. The van der Waals surface area contributed by atoms with Gasteiger partial charge in [-0.3, -0.25) is 14.4 Å². The van der Waals surface area contributed by atoms with Crippen LogP contribution in [0.4, 0.5) is 11.4 Å². The number of fused-ring (bicyclic) bond motifs is 2. The lowest BCUT2D eigenvalue weighted by Crippen LogP contribution is -2.38. The first kappa shape index (κ1) is 18.1. The highest BCUT2D eigenvalue weighted by molar-refractivity contribution is 6.32. The molecule has 4 rings (SSSR count). The largest absolute Gasteiger partial charge is 0.398 e. The zero-order chi connectivity index (χ0) is 20.7. The molecule has 29 heavy (non-hydrogen) atoms. The summed E-state index contributed by atoms with van der Waals surface area (Å²) >= 11 is 0. The molecule has 0 saturated carbocycles. The van der Waals surface area contributed by atoms with Crippen LogP contribution in [0.2, 0.25) is 0 Å². The number of nitrogens with zero attached hydrogens (tertiary/aromatic N) is 2. The Kier molecular flexibility index (Phi) is 4.16. The number of hydrazine groups is 1. The lowest BCUT2D eigenvalue weighted by atomic mass is 9.82. The lowest BCUT2D eigenvalue weighted by Gasteiger charge is -2.22. The molecule has 0 saturated heterocycles. The van der Waals surface area contributed by atoms with Crippen LogP contribution < -0.4 is 10.7 Å². The minimum atomic E-state index is -0.934. The molecule has 0 bridgehead atoms. The van der Waals surface area contributed by atoms with Gasteiger partial charge in [0, 0.05) is 22.4 Å². The molecule has 0 fully saturated rings.